The summed E-state index contributed by atoms with van der Waals surface area (Å²) in [6, 6.07) is 16.7. The van der Waals surface area contributed by atoms with Gasteiger partial charge in [0.15, 0.2) is 5.82 Å². The number of nitrogens with one attached hydrogen (secondary N) is 1. The molecule has 7 nitrogen and oxygen atoms in total. The number of ketones is 1. The van der Waals surface area contributed by atoms with Gasteiger partial charge in [-0.2, -0.15) is 0 Å². The van der Waals surface area contributed by atoms with Gasteiger partial charge in [-0.3, -0.25) is 14.4 Å². The van der Waals surface area contributed by atoms with Crippen molar-refractivity contribution in [1.82, 2.24) is 14.5 Å². The Hall–Kier alpha value is -3.74. The fourth-order valence-electron chi connectivity index (χ4n) is 3.74. The zero-order valence-electron chi connectivity index (χ0n) is 17.3. The van der Waals surface area contributed by atoms with Crippen LogP contribution in [0.25, 0.3) is 0 Å². The molecule has 2 aromatic carbocycles. The lowest BCUT2D eigenvalue weighted by Gasteiger charge is -2.16. The zero-order valence-corrected chi connectivity index (χ0v) is 17.3. The van der Waals surface area contributed by atoms with Gasteiger partial charge in [-0.1, -0.05) is 30.3 Å². The fraction of sp³-hybridized carbons (Fsp3) is 0.250. The highest BCUT2D eigenvalue weighted by Crippen LogP contribution is 2.21. The molecule has 158 valence electrons. The molecule has 2 heterocycles. The van der Waals surface area contributed by atoms with E-state index >= 15 is 0 Å². The summed E-state index contributed by atoms with van der Waals surface area (Å²) in [6.45, 7) is 1.03. The molecule has 1 unspecified atom stereocenters. The van der Waals surface area contributed by atoms with Crippen LogP contribution in [0.5, 0.6) is 0 Å². The predicted octanol–water partition coefficient (Wildman–Crippen LogP) is 2.68. The van der Waals surface area contributed by atoms with E-state index in [1.807, 2.05) is 30.3 Å². The van der Waals surface area contributed by atoms with Crippen LogP contribution >= 0.6 is 0 Å². The molecule has 1 aliphatic heterocycles. The number of imidazole rings is 1. The van der Waals surface area contributed by atoms with Crippen LogP contribution in [0.3, 0.4) is 0 Å². The second-order valence-corrected chi connectivity index (χ2v) is 7.73. The third-order valence-corrected chi connectivity index (χ3v) is 5.54. The Morgan fingerprint density at radius 1 is 1.10 bits per heavy atom. The molecule has 7 heteroatoms. The molecule has 0 spiro atoms. The van der Waals surface area contributed by atoms with Crippen LogP contribution in [-0.2, 0) is 23.1 Å². The standard InChI is InChI=1S/C24H24N4O3/c1-27-14-12-25-23(27)22(30)18-7-9-20(10-8-18)26-24(31)19-15-21(29)28(16-19)13-11-17-5-3-2-4-6-17/h2-10,12,14,19H,11,13,15-16H2,1H3,(H,26,31). The maximum absolute atomic E-state index is 12.7. The van der Waals surface area contributed by atoms with Gasteiger partial charge in [-0.05, 0) is 36.2 Å². The van der Waals surface area contributed by atoms with Crippen molar-refractivity contribution in [2.75, 3.05) is 18.4 Å². The Balaban J connectivity index is 1.32. The normalized spacial score (nSPS) is 15.8. The van der Waals surface area contributed by atoms with Crippen LogP contribution in [0.15, 0.2) is 67.0 Å². The number of hydrogen-bond acceptors (Lipinski definition) is 4. The molecule has 1 fully saturated rings. The van der Waals surface area contributed by atoms with Gasteiger partial charge in [0, 0.05) is 50.2 Å². The maximum atomic E-state index is 12.7. The molecular weight excluding hydrogens is 392 g/mol. The van der Waals surface area contributed by atoms with Crippen molar-refractivity contribution >= 4 is 23.3 Å². The number of likely N-dealkylation sites (tertiary alicyclic amines) is 1. The minimum Gasteiger partial charge on any atom is -0.342 e. The van der Waals surface area contributed by atoms with Crippen LogP contribution in [0.1, 0.15) is 28.2 Å². The van der Waals surface area contributed by atoms with Crippen LogP contribution in [0.4, 0.5) is 5.69 Å². The van der Waals surface area contributed by atoms with Crippen LogP contribution in [-0.4, -0.2) is 45.1 Å². The average molecular weight is 416 g/mol. The molecule has 31 heavy (non-hydrogen) atoms. The molecule has 1 aromatic heterocycles. The highest BCUT2D eigenvalue weighted by atomic mass is 16.2. The molecule has 1 N–H and O–H groups in total. The number of rotatable bonds is 7. The van der Waals surface area contributed by atoms with Crippen LogP contribution in [0, 0.1) is 5.92 Å². The summed E-state index contributed by atoms with van der Waals surface area (Å²) in [4.78, 5) is 43.3. The third-order valence-electron chi connectivity index (χ3n) is 5.54. The maximum Gasteiger partial charge on any atom is 0.229 e. The van der Waals surface area contributed by atoms with Gasteiger partial charge in [0.2, 0.25) is 17.6 Å². The SMILES string of the molecule is Cn1ccnc1C(=O)c1ccc(NC(=O)C2CC(=O)N(CCc3ccccc3)C2)cc1. The Kier molecular flexibility index (Phi) is 5.93. The molecule has 1 atom stereocenters. The van der Waals surface area contributed by atoms with E-state index in [0.29, 0.717) is 30.2 Å². The lowest BCUT2D eigenvalue weighted by Crippen LogP contribution is -2.30. The number of nitrogens with zero attached hydrogens (tertiary/aromatic N) is 3. The van der Waals surface area contributed by atoms with E-state index in [1.54, 1.807) is 53.2 Å². The first-order valence-corrected chi connectivity index (χ1v) is 10.3. The second kappa shape index (κ2) is 8.95. The van der Waals surface area contributed by atoms with Crippen LogP contribution in [0.2, 0.25) is 0 Å². The monoisotopic (exact) mass is 416 g/mol. The van der Waals surface area contributed by atoms with Gasteiger partial charge in [-0.15, -0.1) is 0 Å². The van der Waals surface area contributed by atoms with Gasteiger partial charge in [0.25, 0.3) is 0 Å². The third kappa shape index (κ3) is 4.71. The molecule has 3 aromatic rings. The number of carbonyl (C=O) groups excluding carboxylic acids is 3. The quantitative estimate of drug-likeness (QED) is 0.600. The molecule has 0 saturated carbocycles. The Bertz CT molecular complexity index is 1090. The van der Waals surface area contributed by atoms with E-state index in [0.717, 1.165) is 6.42 Å². The van der Waals surface area contributed by atoms with Crippen molar-refractivity contribution in [2.24, 2.45) is 13.0 Å². The van der Waals surface area contributed by atoms with E-state index in [1.165, 1.54) is 5.56 Å². The lowest BCUT2D eigenvalue weighted by molar-refractivity contribution is -0.128. The van der Waals surface area contributed by atoms with E-state index in [9.17, 15) is 14.4 Å². The highest BCUT2D eigenvalue weighted by molar-refractivity contribution is 6.07. The molecular formula is C24H24N4O3. The molecule has 0 aliphatic carbocycles. The van der Waals surface area contributed by atoms with Crippen molar-refractivity contribution in [3.8, 4) is 0 Å². The number of hydrogen-bond donors (Lipinski definition) is 1. The molecule has 1 aliphatic rings. The molecule has 1 saturated heterocycles. The van der Waals surface area contributed by atoms with Crippen molar-refractivity contribution in [3.05, 3.63) is 83.9 Å². The Morgan fingerprint density at radius 3 is 2.52 bits per heavy atom. The minimum absolute atomic E-state index is 0.00657. The number of amides is 2. The van der Waals surface area contributed by atoms with Gasteiger partial charge >= 0.3 is 0 Å². The topological polar surface area (TPSA) is 84.3 Å². The first-order chi connectivity index (χ1) is 15.0. The first kappa shape index (κ1) is 20.5. The highest BCUT2D eigenvalue weighted by Gasteiger charge is 2.34. The van der Waals surface area contributed by atoms with E-state index < -0.39 is 0 Å². The van der Waals surface area contributed by atoms with Crippen molar-refractivity contribution in [3.63, 3.8) is 0 Å². The summed E-state index contributed by atoms with van der Waals surface area (Å²) in [5, 5.41) is 2.86. The smallest absolute Gasteiger partial charge is 0.229 e. The zero-order chi connectivity index (χ0) is 21.8. The number of aromatic nitrogens is 2. The van der Waals surface area contributed by atoms with Gasteiger partial charge in [-0.25, -0.2) is 4.98 Å². The number of benzene rings is 2. The lowest BCUT2D eigenvalue weighted by atomic mass is 10.1. The summed E-state index contributed by atoms with van der Waals surface area (Å²) in [7, 11) is 1.76. The van der Waals surface area contributed by atoms with Gasteiger partial charge in [0.1, 0.15) is 0 Å². The molecule has 0 bridgehead atoms. The van der Waals surface area contributed by atoms with E-state index in [-0.39, 0.29) is 29.9 Å². The molecule has 2 amide bonds. The Labute approximate surface area is 180 Å². The van der Waals surface area contributed by atoms with E-state index in [4.69, 9.17) is 0 Å². The summed E-state index contributed by atoms with van der Waals surface area (Å²) in [5.74, 6) is -0.374. The largest absolute Gasteiger partial charge is 0.342 e. The number of aryl methyl sites for hydroxylation is 1. The second-order valence-electron chi connectivity index (χ2n) is 7.73. The number of carbonyl (C=O) groups is 3. The average Bonchev–Trinajstić information content (AvgIpc) is 3.38. The number of anilines is 1. The van der Waals surface area contributed by atoms with Crippen LogP contribution < -0.4 is 5.32 Å². The Morgan fingerprint density at radius 2 is 1.84 bits per heavy atom. The summed E-state index contributed by atoms with van der Waals surface area (Å²) >= 11 is 0. The van der Waals surface area contributed by atoms with Crippen molar-refractivity contribution < 1.29 is 14.4 Å². The van der Waals surface area contributed by atoms with Gasteiger partial charge in [0.05, 0.1) is 5.92 Å². The predicted molar refractivity (Wildman–Crippen MR) is 117 cm³/mol. The van der Waals surface area contributed by atoms with Gasteiger partial charge < -0.3 is 14.8 Å². The first-order valence-electron chi connectivity index (χ1n) is 10.3. The molecule has 0 radical (unpaired) electrons. The summed E-state index contributed by atoms with van der Waals surface area (Å²) in [5.41, 5.74) is 2.26. The summed E-state index contributed by atoms with van der Waals surface area (Å²) < 4.78 is 1.67. The summed E-state index contributed by atoms with van der Waals surface area (Å²) in [6.07, 6.45) is 4.28. The van der Waals surface area contributed by atoms with E-state index in [2.05, 4.69) is 10.3 Å². The molecule has 4 rings (SSSR count). The minimum atomic E-state index is -0.378. The van der Waals surface area contributed by atoms with Crippen molar-refractivity contribution in [1.29, 1.82) is 0 Å². The fourth-order valence-corrected chi connectivity index (χ4v) is 3.74. The van der Waals surface area contributed by atoms with Crippen molar-refractivity contribution in [2.45, 2.75) is 12.8 Å².